The first-order valence-electron chi connectivity index (χ1n) is 8.00. The smallest absolute Gasteiger partial charge is 0.338 e. The lowest BCUT2D eigenvalue weighted by atomic mass is 9.78. The number of benzene rings is 1. The van der Waals surface area contributed by atoms with Gasteiger partial charge in [-0.3, -0.25) is 4.79 Å². The Morgan fingerprint density at radius 3 is 2.55 bits per heavy atom. The molecule has 1 fully saturated rings. The summed E-state index contributed by atoms with van der Waals surface area (Å²) in [5.74, 6) is 0.409. The topological polar surface area (TPSA) is 55.4 Å². The predicted octanol–water partition coefficient (Wildman–Crippen LogP) is 3.09. The minimum absolute atomic E-state index is 0.189. The second-order valence-electron chi connectivity index (χ2n) is 6.38. The Morgan fingerprint density at radius 1 is 1.18 bits per heavy atom. The molecular weight excluding hydrogens is 278 g/mol. The lowest BCUT2D eigenvalue weighted by Gasteiger charge is -2.34. The van der Waals surface area contributed by atoms with Crippen LogP contribution in [0, 0.1) is 18.8 Å². The van der Waals surface area contributed by atoms with E-state index < -0.39 is 5.97 Å². The quantitative estimate of drug-likeness (QED) is 0.870. The zero-order valence-corrected chi connectivity index (χ0v) is 13.6. The molecule has 0 heterocycles. The molecule has 120 valence electrons. The maximum Gasteiger partial charge on any atom is 0.338 e. The molecule has 1 saturated carbocycles. The van der Waals surface area contributed by atoms with Gasteiger partial charge < -0.3 is 10.1 Å². The van der Waals surface area contributed by atoms with Crippen molar-refractivity contribution in [3.05, 3.63) is 35.4 Å². The van der Waals surface area contributed by atoms with Crippen molar-refractivity contribution < 1.29 is 14.3 Å². The minimum atomic E-state index is -0.458. The average molecular weight is 303 g/mol. The summed E-state index contributed by atoms with van der Waals surface area (Å²) in [4.78, 5) is 23.8. The van der Waals surface area contributed by atoms with Crippen molar-refractivity contribution >= 4 is 11.9 Å². The van der Waals surface area contributed by atoms with Crippen molar-refractivity contribution in [1.29, 1.82) is 0 Å². The van der Waals surface area contributed by atoms with Crippen molar-refractivity contribution in [3.8, 4) is 0 Å². The molecule has 0 aliphatic heterocycles. The molecule has 4 nitrogen and oxygen atoms in total. The van der Waals surface area contributed by atoms with Crippen molar-refractivity contribution in [2.24, 2.45) is 11.8 Å². The van der Waals surface area contributed by atoms with E-state index in [1.165, 1.54) is 6.42 Å². The SMILES string of the molecule is Cc1ccc(C(=O)OCC(=O)N[C@H]2CCC[C@@H](C)[C@@H]2C)cc1. The van der Waals surface area contributed by atoms with Gasteiger partial charge >= 0.3 is 5.97 Å². The summed E-state index contributed by atoms with van der Waals surface area (Å²) < 4.78 is 5.08. The number of carbonyl (C=O) groups is 2. The highest BCUT2D eigenvalue weighted by Gasteiger charge is 2.28. The van der Waals surface area contributed by atoms with Crippen molar-refractivity contribution in [1.82, 2.24) is 5.32 Å². The summed E-state index contributed by atoms with van der Waals surface area (Å²) in [6, 6.07) is 7.30. The van der Waals surface area contributed by atoms with Crippen LogP contribution in [0.25, 0.3) is 0 Å². The Balaban J connectivity index is 1.80. The molecule has 1 aromatic carbocycles. The fourth-order valence-corrected chi connectivity index (χ4v) is 2.94. The maximum atomic E-state index is 12.0. The van der Waals surface area contributed by atoms with Gasteiger partial charge in [0.1, 0.15) is 0 Å². The van der Waals surface area contributed by atoms with Crippen LogP contribution in [0.5, 0.6) is 0 Å². The predicted molar refractivity (Wildman–Crippen MR) is 85.6 cm³/mol. The van der Waals surface area contributed by atoms with Crippen LogP contribution in [0.15, 0.2) is 24.3 Å². The molecule has 0 unspecified atom stereocenters. The summed E-state index contributed by atoms with van der Waals surface area (Å²) in [7, 11) is 0. The Morgan fingerprint density at radius 2 is 1.86 bits per heavy atom. The third-order valence-electron chi connectivity index (χ3n) is 4.67. The van der Waals surface area contributed by atoms with Crippen LogP contribution in [-0.4, -0.2) is 24.5 Å². The lowest BCUT2D eigenvalue weighted by molar-refractivity contribution is -0.125. The van der Waals surface area contributed by atoms with E-state index in [9.17, 15) is 9.59 Å². The number of aryl methyl sites for hydroxylation is 1. The van der Waals surface area contributed by atoms with Gasteiger partial charge in [-0.05, 0) is 37.3 Å². The largest absolute Gasteiger partial charge is 0.452 e. The van der Waals surface area contributed by atoms with Crippen LogP contribution in [0.4, 0.5) is 0 Å². The van der Waals surface area contributed by atoms with E-state index in [1.54, 1.807) is 12.1 Å². The third kappa shape index (κ3) is 4.33. The molecule has 3 atom stereocenters. The highest BCUT2D eigenvalue weighted by molar-refractivity contribution is 5.91. The van der Waals surface area contributed by atoms with Gasteiger partial charge in [0.05, 0.1) is 5.56 Å². The first-order valence-corrected chi connectivity index (χ1v) is 8.00. The Bertz CT molecular complexity index is 524. The number of ether oxygens (including phenoxy) is 1. The molecule has 1 aliphatic carbocycles. The summed E-state index contributed by atoms with van der Waals surface area (Å²) >= 11 is 0. The number of esters is 1. The number of hydrogen-bond donors (Lipinski definition) is 1. The minimum Gasteiger partial charge on any atom is -0.452 e. The standard InChI is InChI=1S/C18H25NO3/c1-12-7-9-15(10-8-12)18(21)22-11-17(20)19-16-6-4-5-13(2)14(16)3/h7-10,13-14,16H,4-6,11H2,1-3H3,(H,19,20)/t13-,14+,16+/m1/s1. The van der Waals surface area contributed by atoms with Crippen molar-refractivity contribution in [2.75, 3.05) is 6.61 Å². The molecule has 0 saturated heterocycles. The summed E-state index contributed by atoms with van der Waals surface area (Å²) in [5, 5.41) is 3.00. The molecule has 1 aliphatic rings. The van der Waals surface area contributed by atoms with E-state index >= 15 is 0 Å². The number of rotatable bonds is 4. The molecule has 0 bridgehead atoms. The molecule has 1 aromatic rings. The van der Waals surface area contributed by atoms with E-state index in [1.807, 2.05) is 19.1 Å². The van der Waals surface area contributed by atoms with Crippen LogP contribution in [-0.2, 0) is 9.53 Å². The van der Waals surface area contributed by atoms with Crippen LogP contribution >= 0.6 is 0 Å². The number of nitrogens with one attached hydrogen (secondary N) is 1. The van der Waals surface area contributed by atoms with E-state index in [2.05, 4.69) is 19.2 Å². The first kappa shape index (κ1) is 16.5. The van der Waals surface area contributed by atoms with Crippen molar-refractivity contribution in [2.45, 2.75) is 46.1 Å². The molecule has 0 aromatic heterocycles. The average Bonchev–Trinajstić information content (AvgIpc) is 2.50. The number of carbonyl (C=O) groups excluding carboxylic acids is 2. The van der Waals surface area contributed by atoms with Gasteiger partial charge in [0.15, 0.2) is 6.61 Å². The number of hydrogen-bond acceptors (Lipinski definition) is 3. The van der Waals surface area contributed by atoms with Gasteiger partial charge in [-0.2, -0.15) is 0 Å². The Labute approximate surface area is 132 Å². The van der Waals surface area contributed by atoms with E-state index in [0.29, 0.717) is 17.4 Å². The van der Waals surface area contributed by atoms with Gasteiger partial charge in [0, 0.05) is 6.04 Å². The van der Waals surface area contributed by atoms with Crippen LogP contribution in [0.2, 0.25) is 0 Å². The van der Waals surface area contributed by atoms with Gasteiger partial charge in [-0.25, -0.2) is 4.79 Å². The number of amides is 1. The van der Waals surface area contributed by atoms with Crippen LogP contribution in [0.3, 0.4) is 0 Å². The normalized spacial score (nSPS) is 24.6. The van der Waals surface area contributed by atoms with Gasteiger partial charge in [-0.15, -0.1) is 0 Å². The lowest BCUT2D eigenvalue weighted by Crippen LogP contribution is -2.45. The van der Waals surface area contributed by atoms with Crippen LogP contribution < -0.4 is 5.32 Å². The van der Waals surface area contributed by atoms with Gasteiger partial charge in [0.2, 0.25) is 0 Å². The summed E-state index contributed by atoms with van der Waals surface area (Å²) in [6.45, 7) is 6.13. The molecular formula is C18H25NO3. The Kier molecular flexibility index (Phi) is 5.58. The molecule has 1 N–H and O–H groups in total. The fraction of sp³-hybridized carbons (Fsp3) is 0.556. The fourth-order valence-electron chi connectivity index (χ4n) is 2.94. The third-order valence-corrected chi connectivity index (χ3v) is 4.67. The summed E-state index contributed by atoms with van der Waals surface area (Å²) in [6.07, 6.45) is 3.36. The van der Waals surface area contributed by atoms with Crippen molar-refractivity contribution in [3.63, 3.8) is 0 Å². The zero-order valence-electron chi connectivity index (χ0n) is 13.6. The van der Waals surface area contributed by atoms with E-state index in [4.69, 9.17) is 4.74 Å². The first-order chi connectivity index (χ1) is 10.5. The van der Waals surface area contributed by atoms with E-state index in [-0.39, 0.29) is 18.6 Å². The van der Waals surface area contributed by atoms with Crippen LogP contribution in [0.1, 0.15) is 49.0 Å². The molecule has 0 radical (unpaired) electrons. The molecule has 1 amide bonds. The second kappa shape index (κ2) is 7.43. The molecule has 4 heteroatoms. The highest BCUT2D eigenvalue weighted by Crippen LogP contribution is 2.29. The Hall–Kier alpha value is -1.84. The van der Waals surface area contributed by atoms with Gasteiger partial charge in [0.25, 0.3) is 5.91 Å². The zero-order chi connectivity index (χ0) is 16.1. The van der Waals surface area contributed by atoms with E-state index in [0.717, 1.165) is 18.4 Å². The maximum absolute atomic E-state index is 12.0. The monoisotopic (exact) mass is 303 g/mol. The molecule has 22 heavy (non-hydrogen) atoms. The summed E-state index contributed by atoms with van der Waals surface area (Å²) in [5.41, 5.74) is 1.55. The molecule has 0 spiro atoms. The highest BCUT2D eigenvalue weighted by atomic mass is 16.5. The second-order valence-corrected chi connectivity index (χ2v) is 6.38. The molecule has 2 rings (SSSR count). The van der Waals surface area contributed by atoms with Gasteiger partial charge in [-0.1, -0.05) is 44.4 Å².